The molecular formula is C14H18N2O3. The zero-order valence-electron chi connectivity index (χ0n) is 10.7. The summed E-state index contributed by atoms with van der Waals surface area (Å²) in [4.78, 5) is 24.3. The van der Waals surface area contributed by atoms with Crippen LogP contribution in [0.2, 0.25) is 0 Å². The predicted octanol–water partition coefficient (Wildman–Crippen LogP) is 1.25. The molecule has 5 heteroatoms. The molecule has 102 valence electrons. The second kappa shape index (κ2) is 6.22. The van der Waals surface area contributed by atoms with E-state index in [1.807, 2.05) is 30.3 Å². The van der Waals surface area contributed by atoms with Crippen molar-refractivity contribution in [3.8, 4) is 0 Å². The van der Waals surface area contributed by atoms with Gasteiger partial charge in [-0.1, -0.05) is 18.2 Å². The van der Waals surface area contributed by atoms with Gasteiger partial charge in [0.25, 0.3) is 0 Å². The van der Waals surface area contributed by atoms with Crippen molar-refractivity contribution in [2.45, 2.75) is 25.3 Å². The number of amides is 1. The Kier molecular flexibility index (Phi) is 4.39. The average Bonchev–Trinajstić information content (AvgIpc) is 3.19. The molecular weight excluding hydrogens is 244 g/mol. The number of carboxylic acids is 1. The van der Waals surface area contributed by atoms with Gasteiger partial charge in [-0.3, -0.25) is 9.59 Å². The number of benzene rings is 1. The Hall–Kier alpha value is -2.04. The topological polar surface area (TPSA) is 69.6 Å². The molecule has 0 saturated heterocycles. The van der Waals surface area contributed by atoms with E-state index in [-0.39, 0.29) is 18.9 Å². The maximum Gasteiger partial charge on any atom is 0.305 e. The minimum absolute atomic E-state index is 0.0194. The highest BCUT2D eigenvalue weighted by atomic mass is 16.4. The SMILES string of the molecule is O=C(O)CCN(CC(=O)NC1CC1)c1ccccc1. The summed E-state index contributed by atoms with van der Waals surface area (Å²) in [6, 6.07) is 9.73. The summed E-state index contributed by atoms with van der Waals surface area (Å²) in [7, 11) is 0. The lowest BCUT2D eigenvalue weighted by atomic mass is 10.2. The third-order valence-corrected chi connectivity index (χ3v) is 2.99. The van der Waals surface area contributed by atoms with Crippen molar-refractivity contribution in [3.05, 3.63) is 30.3 Å². The lowest BCUT2D eigenvalue weighted by molar-refractivity contribution is -0.136. The number of hydrogen-bond acceptors (Lipinski definition) is 3. The van der Waals surface area contributed by atoms with Crippen molar-refractivity contribution in [1.82, 2.24) is 5.32 Å². The largest absolute Gasteiger partial charge is 0.481 e. The van der Waals surface area contributed by atoms with E-state index < -0.39 is 5.97 Å². The van der Waals surface area contributed by atoms with Crippen LogP contribution >= 0.6 is 0 Å². The fraction of sp³-hybridized carbons (Fsp3) is 0.429. The third kappa shape index (κ3) is 4.62. The van der Waals surface area contributed by atoms with Crippen LogP contribution < -0.4 is 10.2 Å². The molecule has 1 aromatic carbocycles. The molecule has 1 fully saturated rings. The Morgan fingerprint density at radius 1 is 1.26 bits per heavy atom. The molecule has 0 unspecified atom stereocenters. The Labute approximate surface area is 112 Å². The molecule has 0 heterocycles. The second-order valence-corrected chi connectivity index (χ2v) is 4.74. The molecule has 0 atom stereocenters. The molecule has 1 saturated carbocycles. The summed E-state index contributed by atoms with van der Waals surface area (Å²) in [6.07, 6.45) is 2.12. The quantitative estimate of drug-likeness (QED) is 0.776. The molecule has 0 radical (unpaired) electrons. The van der Waals surface area contributed by atoms with Gasteiger partial charge in [0, 0.05) is 18.3 Å². The predicted molar refractivity (Wildman–Crippen MR) is 72.1 cm³/mol. The molecule has 1 amide bonds. The molecule has 0 aliphatic heterocycles. The number of anilines is 1. The fourth-order valence-corrected chi connectivity index (χ4v) is 1.84. The Balaban J connectivity index is 1.96. The number of rotatable bonds is 7. The summed E-state index contributed by atoms with van der Waals surface area (Å²) >= 11 is 0. The first-order chi connectivity index (χ1) is 9.15. The van der Waals surface area contributed by atoms with Crippen LogP contribution in [0.25, 0.3) is 0 Å². The maximum absolute atomic E-state index is 11.8. The first-order valence-electron chi connectivity index (χ1n) is 6.46. The first-order valence-corrected chi connectivity index (χ1v) is 6.46. The fourth-order valence-electron chi connectivity index (χ4n) is 1.84. The number of nitrogens with zero attached hydrogens (tertiary/aromatic N) is 1. The number of para-hydroxylation sites is 1. The van der Waals surface area contributed by atoms with Crippen LogP contribution in [0.4, 0.5) is 5.69 Å². The highest BCUT2D eigenvalue weighted by Crippen LogP contribution is 2.19. The lowest BCUT2D eigenvalue weighted by Gasteiger charge is -2.23. The van der Waals surface area contributed by atoms with E-state index >= 15 is 0 Å². The van der Waals surface area contributed by atoms with Gasteiger partial charge in [-0.25, -0.2) is 0 Å². The smallest absolute Gasteiger partial charge is 0.305 e. The van der Waals surface area contributed by atoms with Crippen molar-refractivity contribution in [2.24, 2.45) is 0 Å². The molecule has 0 spiro atoms. The molecule has 2 rings (SSSR count). The van der Waals surface area contributed by atoms with Crippen LogP contribution in [-0.4, -0.2) is 36.1 Å². The van der Waals surface area contributed by atoms with Gasteiger partial charge >= 0.3 is 5.97 Å². The van der Waals surface area contributed by atoms with Crippen LogP contribution in [0.3, 0.4) is 0 Å². The number of hydrogen-bond donors (Lipinski definition) is 2. The van der Waals surface area contributed by atoms with Crippen molar-refractivity contribution >= 4 is 17.6 Å². The first kappa shape index (κ1) is 13.4. The van der Waals surface area contributed by atoms with E-state index in [0.717, 1.165) is 18.5 Å². The maximum atomic E-state index is 11.8. The molecule has 0 bridgehead atoms. The minimum Gasteiger partial charge on any atom is -0.481 e. The molecule has 1 aliphatic rings. The van der Waals surface area contributed by atoms with Crippen LogP contribution in [0.5, 0.6) is 0 Å². The van der Waals surface area contributed by atoms with Crippen molar-refractivity contribution in [1.29, 1.82) is 0 Å². The van der Waals surface area contributed by atoms with Gasteiger partial charge in [0.15, 0.2) is 0 Å². The van der Waals surface area contributed by atoms with Crippen molar-refractivity contribution in [2.75, 3.05) is 18.0 Å². The van der Waals surface area contributed by atoms with E-state index in [1.165, 1.54) is 0 Å². The summed E-state index contributed by atoms with van der Waals surface area (Å²) < 4.78 is 0. The summed E-state index contributed by atoms with van der Waals surface area (Å²) in [5, 5.41) is 11.7. The van der Waals surface area contributed by atoms with Gasteiger partial charge in [-0.05, 0) is 25.0 Å². The lowest BCUT2D eigenvalue weighted by Crippen LogP contribution is -2.39. The molecule has 19 heavy (non-hydrogen) atoms. The zero-order valence-corrected chi connectivity index (χ0v) is 10.7. The van der Waals surface area contributed by atoms with E-state index in [9.17, 15) is 9.59 Å². The molecule has 2 N–H and O–H groups in total. The summed E-state index contributed by atoms with van der Waals surface area (Å²) in [5.74, 6) is -0.903. The number of carbonyl (C=O) groups excluding carboxylic acids is 1. The summed E-state index contributed by atoms with van der Waals surface area (Å²) in [5.41, 5.74) is 0.870. The zero-order chi connectivity index (χ0) is 13.7. The number of nitrogens with one attached hydrogen (secondary N) is 1. The van der Waals surface area contributed by atoms with Gasteiger partial charge < -0.3 is 15.3 Å². The van der Waals surface area contributed by atoms with Crippen LogP contribution in [0, 0.1) is 0 Å². The molecule has 1 aromatic rings. The van der Waals surface area contributed by atoms with Crippen LogP contribution in [-0.2, 0) is 9.59 Å². The third-order valence-electron chi connectivity index (χ3n) is 2.99. The summed E-state index contributed by atoms with van der Waals surface area (Å²) in [6.45, 7) is 0.533. The highest BCUT2D eigenvalue weighted by Gasteiger charge is 2.24. The Bertz CT molecular complexity index is 443. The van der Waals surface area contributed by atoms with Crippen LogP contribution in [0.1, 0.15) is 19.3 Å². The Morgan fingerprint density at radius 3 is 2.53 bits per heavy atom. The molecule has 0 aromatic heterocycles. The van der Waals surface area contributed by atoms with Gasteiger partial charge in [0.1, 0.15) is 0 Å². The average molecular weight is 262 g/mol. The second-order valence-electron chi connectivity index (χ2n) is 4.74. The minimum atomic E-state index is -0.858. The van der Waals surface area contributed by atoms with E-state index in [0.29, 0.717) is 12.6 Å². The van der Waals surface area contributed by atoms with Gasteiger partial charge in [-0.15, -0.1) is 0 Å². The van der Waals surface area contributed by atoms with Gasteiger partial charge in [-0.2, -0.15) is 0 Å². The van der Waals surface area contributed by atoms with E-state index in [4.69, 9.17) is 5.11 Å². The highest BCUT2D eigenvalue weighted by molar-refractivity contribution is 5.82. The normalized spacial score (nSPS) is 13.9. The number of carbonyl (C=O) groups is 2. The molecule has 5 nitrogen and oxygen atoms in total. The number of aliphatic carboxylic acids is 1. The molecule has 1 aliphatic carbocycles. The van der Waals surface area contributed by atoms with E-state index in [2.05, 4.69) is 5.32 Å². The van der Waals surface area contributed by atoms with E-state index in [1.54, 1.807) is 4.90 Å². The standard InChI is InChI=1S/C14H18N2O3/c17-13(15-11-6-7-11)10-16(9-8-14(18)19)12-4-2-1-3-5-12/h1-5,11H,6-10H2,(H,15,17)(H,18,19). The monoisotopic (exact) mass is 262 g/mol. The van der Waals surface area contributed by atoms with Gasteiger partial charge in [0.05, 0.1) is 13.0 Å². The van der Waals surface area contributed by atoms with Crippen molar-refractivity contribution in [3.63, 3.8) is 0 Å². The van der Waals surface area contributed by atoms with Gasteiger partial charge in [0.2, 0.25) is 5.91 Å². The van der Waals surface area contributed by atoms with Crippen LogP contribution in [0.15, 0.2) is 30.3 Å². The number of carboxylic acid groups (broad SMARTS) is 1. The van der Waals surface area contributed by atoms with Crippen molar-refractivity contribution < 1.29 is 14.7 Å². The Morgan fingerprint density at radius 2 is 1.95 bits per heavy atom.